The van der Waals surface area contributed by atoms with Crippen LogP contribution < -0.4 is 0 Å². The van der Waals surface area contributed by atoms with Crippen molar-refractivity contribution in [3.63, 3.8) is 0 Å². The molecule has 6 nitrogen and oxygen atoms in total. The fourth-order valence-electron chi connectivity index (χ4n) is 2.32. The number of nitriles is 1. The van der Waals surface area contributed by atoms with E-state index < -0.39 is 0 Å². The highest BCUT2D eigenvalue weighted by Crippen LogP contribution is 2.25. The van der Waals surface area contributed by atoms with Gasteiger partial charge >= 0.3 is 0 Å². The molecule has 0 aromatic heterocycles. The van der Waals surface area contributed by atoms with Crippen molar-refractivity contribution in [2.75, 3.05) is 32.7 Å². The second-order valence-corrected chi connectivity index (χ2v) is 5.16. The van der Waals surface area contributed by atoms with Crippen molar-refractivity contribution in [1.29, 1.82) is 5.26 Å². The van der Waals surface area contributed by atoms with E-state index in [1.54, 1.807) is 17.0 Å². The van der Waals surface area contributed by atoms with Crippen molar-refractivity contribution in [3.8, 4) is 17.6 Å². The first kappa shape index (κ1) is 15.9. The largest absolute Gasteiger partial charge is 0.504 e. The van der Waals surface area contributed by atoms with E-state index in [4.69, 9.17) is 5.26 Å². The molecule has 116 valence electrons. The zero-order valence-electron chi connectivity index (χ0n) is 12.3. The predicted molar refractivity (Wildman–Crippen MR) is 82.1 cm³/mol. The van der Waals surface area contributed by atoms with Crippen LogP contribution in [0.2, 0.25) is 0 Å². The number of piperazine rings is 1. The fraction of sp³-hybridized carbons (Fsp3) is 0.375. The number of rotatable bonds is 4. The van der Waals surface area contributed by atoms with Crippen LogP contribution in [-0.2, 0) is 4.79 Å². The summed E-state index contributed by atoms with van der Waals surface area (Å²) in [6, 6.07) is 6.53. The normalized spacial score (nSPS) is 15.9. The molecule has 0 unspecified atom stereocenters. The molecule has 6 heteroatoms. The summed E-state index contributed by atoms with van der Waals surface area (Å²) in [5, 5.41) is 27.2. The number of carbonyl (C=O) groups excluding carboxylic acids is 1. The minimum Gasteiger partial charge on any atom is -0.504 e. The summed E-state index contributed by atoms with van der Waals surface area (Å²) >= 11 is 0. The summed E-state index contributed by atoms with van der Waals surface area (Å²) in [4.78, 5) is 16.0. The van der Waals surface area contributed by atoms with Crippen LogP contribution in [-0.4, -0.2) is 58.6 Å². The molecule has 1 aromatic rings. The number of amides is 1. The molecule has 0 atom stereocenters. The van der Waals surface area contributed by atoms with Crippen LogP contribution in [0.3, 0.4) is 0 Å². The van der Waals surface area contributed by atoms with Crippen LogP contribution in [0.5, 0.6) is 11.5 Å². The van der Waals surface area contributed by atoms with E-state index in [2.05, 4.69) is 11.0 Å². The van der Waals surface area contributed by atoms with Gasteiger partial charge in [-0.1, -0.05) is 6.07 Å². The van der Waals surface area contributed by atoms with Crippen LogP contribution in [0.15, 0.2) is 24.3 Å². The van der Waals surface area contributed by atoms with E-state index in [-0.39, 0.29) is 17.4 Å². The second-order valence-electron chi connectivity index (χ2n) is 5.16. The first-order chi connectivity index (χ1) is 10.6. The number of hydrogen-bond acceptors (Lipinski definition) is 5. The van der Waals surface area contributed by atoms with Crippen LogP contribution in [0.25, 0.3) is 6.08 Å². The average molecular weight is 301 g/mol. The second kappa shape index (κ2) is 7.48. The van der Waals surface area contributed by atoms with Gasteiger partial charge in [0.1, 0.15) is 0 Å². The Morgan fingerprint density at radius 1 is 1.23 bits per heavy atom. The van der Waals surface area contributed by atoms with Gasteiger partial charge in [0, 0.05) is 45.2 Å². The molecule has 0 spiro atoms. The number of phenolic OH excluding ortho intramolecular Hbond substituents is 2. The van der Waals surface area contributed by atoms with Gasteiger partial charge in [-0.05, 0) is 23.8 Å². The van der Waals surface area contributed by atoms with Crippen LogP contribution >= 0.6 is 0 Å². The van der Waals surface area contributed by atoms with Crippen molar-refractivity contribution in [3.05, 3.63) is 29.8 Å². The topological polar surface area (TPSA) is 87.8 Å². The zero-order chi connectivity index (χ0) is 15.9. The van der Waals surface area contributed by atoms with Crippen molar-refractivity contribution in [2.45, 2.75) is 6.42 Å². The molecule has 1 heterocycles. The third kappa shape index (κ3) is 4.24. The van der Waals surface area contributed by atoms with Crippen molar-refractivity contribution in [1.82, 2.24) is 9.80 Å². The number of aromatic hydroxyl groups is 2. The molecular formula is C16H19N3O3. The quantitative estimate of drug-likeness (QED) is 0.644. The first-order valence-electron chi connectivity index (χ1n) is 7.18. The highest BCUT2D eigenvalue weighted by molar-refractivity contribution is 5.91. The maximum atomic E-state index is 12.1. The Bertz CT molecular complexity index is 599. The van der Waals surface area contributed by atoms with E-state index in [1.165, 1.54) is 18.2 Å². The Kier molecular flexibility index (Phi) is 5.39. The number of hydrogen-bond donors (Lipinski definition) is 2. The molecule has 0 radical (unpaired) electrons. The zero-order valence-corrected chi connectivity index (χ0v) is 12.3. The van der Waals surface area contributed by atoms with E-state index in [9.17, 15) is 15.0 Å². The molecule has 0 saturated carbocycles. The summed E-state index contributed by atoms with van der Waals surface area (Å²) in [5.74, 6) is -0.467. The highest BCUT2D eigenvalue weighted by atomic mass is 16.3. The fourth-order valence-corrected chi connectivity index (χ4v) is 2.32. The summed E-state index contributed by atoms with van der Waals surface area (Å²) < 4.78 is 0. The van der Waals surface area contributed by atoms with Crippen molar-refractivity contribution in [2.24, 2.45) is 0 Å². The number of phenols is 2. The maximum Gasteiger partial charge on any atom is 0.246 e. The number of nitrogens with zero attached hydrogens (tertiary/aromatic N) is 3. The monoisotopic (exact) mass is 301 g/mol. The minimum absolute atomic E-state index is 0.0764. The average Bonchev–Trinajstić information content (AvgIpc) is 2.54. The van der Waals surface area contributed by atoms with Crippen LogP contribution in [0.4, 0.5) is 0 Å². The number of benzene rings is 1. The summed E-state index contributed by atoms with van der Waals surface area (Å²) in [6.07, 6.45) is 3.60. The van der Waals surface area contributed by atoms with E-state index in [0.29, 0.717) is 25.1 Å². The van der Waals surface area contributed by atoms with Crippen molar-refractivity contribution >= 4 is 12.0 Å². The van der Waals surface area contributed by atoms with Gasteiger partial charge < -0.3 is 15.1 Å². The van der Waals surface area contributed by atoms with E-state index in [0.717, 1.165) is 19.6 Å². The molecule has 0 bridgehead atoms. The minimum atomic E-state index is -0.208. The molecule has 22 heavy (non-hydrogen) atoms. The molecule has 0 aliphatic carbocycles. The summed E-state index contributed by atoms with van der Waals surface area (Å²) in [6.45, 7) is 3.61. The smallest absolute Gasteiger partial charge is 0.246 e. The Balaban J connectivity index is 1.86. The van der Waals surface area contributed by atoms with Gasteiger partial charge in [0.15, 0.2) is 11.5 Å². The molecule has 2 rings (SSSR count). The van der Waals surface area contributed by atoms with Gasteiger partial charge in [0.2, 0.25) is 5.91 Å². The Morgan fingerprint density at radius 3 is 2.59 bits per heavy atom. The van der Waals surface area contributed by atoms with Gasteiger partial charge in [0.05, 0.1) is 6.07 Å². The molecular weight excluding hydrogens is 282 g/mol. The summed E-state index contributed by atoms with van der Waals surface area (Å²) in [5.41, 5.74) is 0.649. The Labute approximate surface area is 129 Å². The Hall–Kier alpha value is -2.52. The first-order valence-corrected chi connectivity index (χ1v) is 7.18. The lowest BCUT2D eigenvalue weighted by Gasteiger charge is -2.33. The van der Waals surface area contributed by atoms with Crippen molar-refractivity contribution < 1.29 is 15.0 Å². The van der Waals surface area contributed by atoms with Gasteiger partial charge in [-0.25, -0.2) is 0 Å². The molecule has 1 fully saturated rings. The summed E-state index contributed by atoms with van der Waals surface area (Å²) in [7, 11) is 0. The predicted octanol–water partition coefficient (Wildman–Crippen LogP) is 1.17. The van der Waals surface area contributed by atoms with E-state index >= 15 is 0 Å². The van der Waals surface area contributed by atoms with Crippen LogP contribution in [0, 0.1) is 11.3 Å². The molecule has 2 N–H and O–H groups in total. The van der Waals surface area contributed by atoms with Gasteiger partial charge in [-0.2, -0.15) is 5.26 Å². The van der Waals surface area contributed by atoms with Gasteiger partial charge in [0.25, 0.3) is 0 Å². The molecule has 1 aromatic carbocycles. The highest BCUT2D eigenvalue weighted by Gasteiger charge is 2.18. The molecule has 1 aliphatic rings. The lowest BCUT2D eigenvalue weighted by molar-refractivity contribution is -0.127. The standard InChI is InChI=1S/C16H19N3O3/c17-6-1-7-18-8-10-19(11-9-18)16(22)5-3-13-2-4-14(20)15(21)12-13/h2-5,12,20-21H,1,7-11H2/b5-3+. The van der Waals surface area contributed by atoms with Gasteiger partial charge in [-0.3, -0.25) is 9.69 Å². The lowest BCUT2D eigenvalue weighted by Crippen LogP contribution is -2.48. The molecule has 1 amide bonds. The number of carbonyl (C=O) groups is 1. The Morgan fingerprint density at radius 2 is 1.95 bits per heavy atom. The third-order valence-corrected chi connectivity index (χ3v) is 3.64. The van der Waals surface area contributed by atoms with E-state index in [1.807, 2.05) is 0 Å². The third-order valence-electron chi connectivity index (χ3n) is 3.64. The lowest BCUT2D eigenvalue weighted by atomic mass is 10.2. The van der Waals surface area contributed by atoms with Gasteiger partial charge in [-0.15, -0.1) is 0 Å². The van der Waals surface area contributed by atoms with Crippen LogP contribution in [0.1, 0.15) is 12.0 Å². The molecule has 1 saturated heterocycles. The SMILES string of the molecule is N#CCCN1CCN(C(=O)/C=C/c2ccc(O)c(O)c2)CC1. The maximum absolute atomic E-state index is 12.1. The molecule has 1 aliphatic heterocycles.